The van der Waals surface area contributed by atoms with Gasteiger partial charge in [0.2, 0.25) is 5.91 Å². The van der Waals surface area contributed by atoms with E-state index < -0.39 is 23.8 Å². The van der Waals surface area contributed by atoms with Crippen LogP contribution in [0.15, 0.2) is 42.5 Å². The van der Waals surface area contributed by atoms with Crippen molar-refractivity contribution in [3.8, 4) is 11.5 Å². The van der Waals surface area contributed by atoms with Gasteiger partial charge in [-0.25, -0.2) is 0 Å². The smallest absolute Gasteiger partial charge is 0.273 e. The first-order valence-corrected chi connectivity index (χ1v) is 12.8. The first kappa shape index (κ1) is 28.5. The van der Waals surface area contributed by atoms with Gasteiger partial charge in [-0.3, -0.25) is 19.3 Å². The predicted molar refractivity (Wildman–Crippen MR) is 148 cm³/mol. The van der Waals surface area contributed by atoms with Crippen molar-refractivity contribution in [2.75, 3.05) is 31.4 Å². The summed E-state index contributed by atoms with van der Waals surface area (Å²) in [5.74, 6) is -0.543. The third-order valence-electron chi connectivity index (χ3n) is 5.93. The van der Waals surface area contributed by atoms with E-state index in [-0.39, 0.29) is 16.3 Å². The molecular formula is C27H33N5O5S. The van der Waals surface area contributed by atoms with Gasteiger partial charge in [0.25, 0.3) is 11.8 Å². The number of carbonyl (C=O) groups excluding carboxylic acids is 3. The molecule has 0 aliphatic carbocycles. The molecule has 3 rings (SSSR count). The Labute approximate surface area is 226 Å². The maximum Gasteiger partial charge on any atom is 0.273 e. The lowest BCUT2D eigenvalue weighted by Crippen LogP contribution is -2.44. The molecule has 1 heterocycles. The number of carbonyl (C=O) groups is 3. The number of rotatable bonds is 11. The Morgan fingerprint density at radius 1 is 1.08 bits per heavy atom. The van der Waals surface area contributed by atoms with E-state index >= 15 is 0 Å². The predicted octanol–water partition coefficient (Wildman–Crippen LogP) is 3.70. The SMILES string of the molecule is COc1ccc([C@@H](C(=O)NCCC(C)C)N(C(=O)c2snc(C(N)=O)c2N)c2cc(C)ccc2OC)cc1. The van der Waals surface area contributed by atoms with Gasteiger partial charge in [0.1, 0.15) is 22.4 Å². The van der Waals surface area contributed by atoms with E-state index in [1.54, 1.807) is 43.5 Å². The minimum Gasteiger partial charge on any atom is -0.497 e. The van der Waals surface area contributed by atoms with Crippen molar-refractivity contribution in [1.29, 1.82) is 0 Å². The molecular weight excluding hydrogens is 506 g/mol. The molecule has 0 saturated heterocycles. The van der Waals surface area contributed by atoms with Gasteiger partial charge in [-0.05, 0) is 66.2 Å². The van der Waals surface area contributed by atoms with Gasteiger partial charge in [-0.1, -0.05) is 32.0 Å². The first-order chi connectivity index (χ1) is 18.1. The van der Waals surface area contributed by atoms with Crippen LogP contribution in [0.2, 0.25) is 0 Å². The monoisotopic (exact) mass is 539 g/mol. The van der Waals surface area contributed by atoms with Crippen LogP contribution in [0.4, 0.5) is 11.4 Å². The lowest BCUT2D eigenvalue weighted by atomic mass is 10.0. The number of nitrogens with one attached hydrogen (secondary N) is 1. The molecule has 0 radical (unpaired) electrons. The van der Waals surface area contributed by atoms with Crippen molar-refractivity contribution in [1.82, 2.24) is 9.69 Å². The van der Waals surface area contributed by atoms with E-state index in [1.165, 1.54) is 12.0 Å². The average Bonchev–Trinajstić information content (AvgIpc) is 3.28. The highest BCUT2D eigenvalue weighted by Gasteiger charge is 2.37. The first-order valence-electron chi connectivity index (χ1n) is 12.0. The number of methoxy groups -OCH3 is 2. The van der Waals surface area contributed by atoms with Crippen molar-refractivity contribution in [2.24, 2.45) is 11.7 Å². The number of aryl methyl sites for hydroxylation is 1. The lowest BCUT2D eigenvalue weighted by Gasteiger charge is -2.32. The average molecular weight is 540 g/mol. The summed E-state index contributed by atoms with van der Waals surface area (Å²) >= 11 is 0.746. The van der Waals surface area contributed by atoms with Crippen LogP contribution in [0.5, 0.6) is 11.5 Å². The molecule has 3 amide bonds. The Morgan fingerprint density at radius 2 is 1.76 bits per heavy atom. The minimum absolute atomic E-state index is 0.0177. The highest BCUT2D eigenvalue weighted by molar-refractivity contribution is 7.09. The number of nitrogens with two attached hydrogens (primary N) is 2. The second-order valence-corrected chi connectivity index (χ2v) is 9.91. The molecule has 5 N–H and O–H groups in total. The second-order valence-electron chi connectivity index (χ2n) is 9.14. The molecule has 0 spiro atoms. The van der Waals surface area contributed by atoms with Gasteiger partial charge in [0, 0.05) is 6.54 Å². The van der Waals surface area contributed by atoms with Crippen LogP contribution < -0.4 is 31.2 Å². The molecule has 11 heteroatoms. The molecule has 0 aliphatic rings. The summed E-state index contributed by atoms with van der Waals surface area (Å²) in [6, 6.07) is 11.1. The van der Waals surface area contributed by atoms with Crippen LogP contribution in [0, 0.1) is 12.8 Å². The van der Waals surface area contributed by atoms with Crippen molar-refractivity contribution >= 4 is 40.6 Å². The van der Waals surface area contributed by atoms with Gasteiger partial charge in [0.05, 0.1) is 25.6 Å². The molecule has 1 atom stereocenters. The molecule has 10 nitrogen and oxygen atoms in total. The van der Waals surface area contributed by atoms with Gasteiger partial charge in [-0.15, -0.1) is 0 Å². The standard InChI is InChI=1S/C27H33N5O5S/c1-15(2)12-13-30-26(34)23(17-7-9-18(36-4)10-8-17)32(19-14-16(3)6-11-20(19)37-5)27(35)24-21(28)22(25(29)33)31-38-24/h6-11,14-15,23H,12-13,28H2,1-5H3,(H2,29,33)(H,30,34)/t23-/m0/s1. The van der Waals surface area contributed by atoms with E-state index in [1.807, 2.05) is 13.0 Å². The summed E-state index contributed by atoms with van der Waals surface area (Å²) in [5, 5.41) is 2.97. The number of aromatic nitrogens is 1. The van der Waals surface area contributed by atoms with Crippen LogP contribution in [0.25, 0.3) is 0 Å². The highest BCUT2D eigenvalue weighted by atomic mass is 32.1. The molecule has 3 aromatic rings. The van der Waals surface area contributed by atoms with Crippen LogP contribution in [-0.4, -0.2) is 42.9 Å². The molecule has 0 saturated carbocycles. The number of nitrogens with zero attached hydrogens (tertiary/aromatic N) is 2. The summed E-state index contributed by atoms with van der Waals surface area (Å²) in [5.41, 5.74) is 12.9. The highest BCUT2D eigenvalue weighted by Crippen LogP contribution is 2.39. The number of primary amides is 1. The molecule has 0 unspecified atom stereocenters. The zero-order valence-electron chi connectivity index (χ0n) is 22.1. The second kappa shape index (κ2) is 12.4. The van der Waals surface area contributed by atoms with Gasteiger partial charge >= 0.3 is 0 Å². The fourth-order valence-corrected chi connectivity index (χ4v) is 4.62. The quantitative estimate of drug-likeness (QED) is 0.336. The Hall–Kier alpha value is -4.12. The fraction of sp³-hybridized carbons (Fsp3) is 0.333. The zero-order chi connectivity index (χ0) is 28.0. The zero-order valence-corrected chi connectivity index (χ0v) is 22.9. The molecule has 0 aliphatic heterocycles. The van der Waals surface area contributed by atoms with E-state index in [0.29, 0.717) is 35.2 Å². The van der Waals surface area contributed by atoms with Gasteiger partial charge in [0.15, 0.2) is 5.69 Å². The summed E-state index contributed by atoms with van der Waals surface area (Å²) in [6.07, 6.45) is 0.756. The number of hydrogen-bond donors (Lipinski definition) is 3. The van der Waals surface area contributed by atoms with Crippen molar-refractivity contribution in [3.05, 3.63) is 64.2 Å². The summed E-state index contributed by atoms with van der Waals surface area (Å²) in [6.45, 7) is 6.40. The van der Waals surface area contributed by atoms with Crippen molar-refractivity contribution in [2.45, 2.75) is 33.2 Å². The summed E-state index contributed by atoms with van der Waals surface area (Å²) in [4.78, 5) is 41.1. The number of nitrogen functional groups attached to an aromatic ring is 1. The molecule has 0 bridgehead atoms. The molecule has 2 aromatic carbocycles. The Balaban J connectivity index is 2.24. The van der Waals surface area contributed by atoms with Crippen molar-refractivity contribution in [3.63, 3.8) is 0 Å². The summed E-state index contributed by atoms with van der Waals surface area (Å²) in [7, 11) is 3.02. The fourth-order valence-electron chi connectivity index (χ4n) is 3.88. The molecule has 0 fully saturated rings. The van der Waals surface area contributed by atoms with E-state index in [9.17, 15) is 14.4 Å². The Bertz CT molecular complexity index is 1310. The minimum atomic E-state index is -1.12. The maximum absolute atomic E-state index is 14.2. The number of amides is 3. The Morgan fingerprint density at radius 3 is 2.32 bits per heavy atom. The number of benzene rings is 2. The van der Waals surface area contributed by atoms with Gasteiger partial charge in [-0.2, -0.15) is 4.37 Å². The largest absolute Gasteiger partial charge is 0.497 e. The molecule has 202 valence electrons. The van der Waals surface area contributed by atoms with Gasteiger partial charge < -0.3 is 26.3 Å². The van der Waals surface area contributed by atoms with Crippen molar-refractivity contribution < 1.29 is 23.9 Å². The van der Waals surface area contributed by atoms with Crippen LogP contribution in [0.3, 0.4) is 0 Å². The third-order valence-corrected chi connectivity index (χ3v) is 6.78. The lowest BCUT2D eigenvalue weighted by molar-refractivity contribution is -0.122. The van der Waals surface area contributed by atoms with Crippen LogP contribution in [-0.2, 0) is 4.79 Å². The van der Waals surface area contributed by atoms with E-state index in [2.05, 4.69) is 23.5 Å². The maximum atomic E-state index is 14.2. The topological polar surface area (TPSA) is 150 Å². The number of ether oxygens (including phenoxy) is 2. The summed E-state index contributed by atoms with van der Waals surface area (Å²) < 4.78 is 14.9. The molecule has 38 heavy (non-hydrogen) atoms. The van der Waals surface area contributed by atoms with E-state index in [0.717, 1.165) is 23.5 Å². The van der Waals surface area contributed by atoms with Crippen LogP contribution in [0.1, 0.15) is 57.6 Å². The normalized spacial score (nSPS) is 11.6. The Kier molecular flexibility index (Phi) is 9.30. The number of hydrogen-bond acceptors (Lipinski definition) is 8. The third kappa shape index (κ3) is 6.23. The number of anilines is 2. The van der Waals surface area contributed by atoms with Crippen LogP contribution >= 0.6 is 11.5 Å². The van der Waals surface area contributed by atoms with E-state index in [4.69, 9.17) is 20.9 Å². The molecule has 1 aromatic heterocycles.